The number of nitrogens with zero attached hydrogens (tertiary/aromatic N) is 2. The lowest BCUT2D eigenvalue weighted by atomic mass is 9.72. The van der Waals surface area contributed by atoms with E-state index in [-0.39, 0.29) is 12.3 Å². The Morgan fingerprint density at radius 3 is 2.55 bits per heavy atom. The Bertz CT molecular complexity index is 528. The first-order valence-corrected chi connectivity index (χ1v) is 6.88. The number of phenolic OH excluding ortho intramolecular Hbond substituents is 1. The second-order valence-electron chi connectivity index (χ2n) is 5.47. The molecule has 0 saturated heterocycles. The molecular formula is C15H22N2O3. The van der Waals surface area contributed by atoms with Crippen molar-refractivity contribution in [1.29, 1.82) is 0 Å². The second kappa shape index (κ2) is 6.22. The largest absolute Gasteiger partial charge is 0.508 e. The lowest BCUT2D eigenvalue weighted by Crippen LogP contribution is -2.42. The summed E-state index contributed by atoms with van der Waals surface area (Å²) in [6, 6.07) is 6.27. The predicted molar refractivity (Wildman–Crippen MR) is 77.3 cm³/mol. The highest BCUT2D eigenvalue weighted by molar-refractivity contribution is 5.30. The topological polar surface area (TPSA) is 73.1 Å². The molecule has 110 valence electrons. The molecule has 1 aromatic rings. The van der Waals surface area contributed by atoms with E-state index < -0.39 is 18.5 Å². The molecule has 0 aliphatic heterocycles. The van der Waals surface area contributed by atoms with Crippen LogP contribution in [0.15, 0.2) is 29.6 Å². The zero-order chi connectivity index (χ0) is 17.1. The summed E-state index contributed by atoms with van der Waals surface area (Å²) in [5.41, 5.74) is -0.395. The highest BCUT2D eigenvalue weighted by Crippen LogP contribution is 2.40. The van der Waals surface area contributed by atoms with E-state index in [9.17, 15) is 15.1 Å². The van der Waals surface area contributed by atoms with Gasteiger partial charge in [0.15, 0.2) is 0 Å². The van der Waals surface area contributed by atoms with Crippen LogP contribution in [-0.2, 0) is 0 Å². The first-order chi connectivity index (χ1) is 10.8. The number of likely N-dealkylation sites (N-methyl/N-ethyl adjacent to an activating group) is 1. The Hall–Kier alpha value is -1.62. The second-order valence-corrected chi connectivity index (χ2v) is 5.47. The molecule has 1 saturated carbocycles. The van der Waals surface area contributed by atoms with Crippen LogP contribution in [0.3, 0.4) is 0 Å². The van der Waals surface area contributed by atoms with Gasteiger partial charge in [0.1, 0.15) is 5.75 Å². The summed E-state index contributed by atoms with van der Waals surface area (Å²) in [6.45, 7) is -2.84. The predicted octanol–water partition coefficient (Wildman–Crippen LogP) is 2.78. The van der Waals surface area contributed by atoms with Crippen molar-refractivity contribution >= 4 is 0 Å². The van der Waals surface area contributed by atoms with E-state index in [2.05, 4.69) is 5.29 Å². The van der Waals surface area contributed by atoms with E-state index in [4.69, 9.17) is 4.11 Å². The monoisotopic (exact) mass is 281 g/mol. The van der Waals surface area contributed by atoms with Crippen LogP contribution in [0.5, 0.6) is 5.75 Å². The number of benzene rings is 1. The average molecular weight is 281 g/mol. The van der Waals surface area contributed by atoms with Crippen LogP contribution in [-0.4, -0.2) is 34.3 Å². The highest BCUT2D eigenvalue weighted by atomic mass is 16.3. The van der Waals surface area contributed by atoms with Crippen molar-refractivity contribution in [2.45, 2.75) is 43.6 Å². The van der Waals surface area contributed by atoms with Crippen molar-refractivity contribution in [3.8, 4) is 5.75 Å². The maximum atomic E-state index is 11.0. The summed E-state index contributed by atoms with van der Waals surface area (Å²) in [5.74, 6) is -0.481. The van der Waals surface area contributed by atoms with Gasteiger partial charge in [-0.05, 0) is 30.5 Å². The highest BCUT2D eigenvalue weighted by Gasteiger charge is 2.39. The first-order valence-electron chi connectivity index (χ1n) is 8.38. The normalized spacial score (nSPS) is 22.1. The Morgan fingerprint density at radius 2 is 2.00 bits per heavy atom. The van der Waals surface area contributed by atoms with Crippen molar-refractivity contribution in [2.24, 2.45) is 5.29 Å². The number of rotatable bonds is 5. The number of aliphatic hydroxyl groups is 1. The average Bonchev–Trinajstić information content (AvgIpc) is 2.49. The molecule has 5 heteroatoms. The molecule has 0 spiro atoms. The van der Waals surface area contributed by atoms with Gasteiger partial charge in [-0.15, -0.1) is 4.91 Å². The van der Waals surface area contributed by atoms with Gasteiger partial charge in [0.25, 0.3) is 0 Å². The number of hydrogen-bond donors (Lipinski definition) is 2. The number of hydrogen-bond acceptors (Lipinski definition) is 4. The zero-order valence-corrected chi connectivity index (χ0v) is 11.3. The molecule has 2 rings (SSSR count). The van der Waals surface area contributed by atoms with E-state index in [1.54, 1.807) is 12.1 Å². The Labute approximate surface area is 123 Å². The van der Waals surface area contributed by atoms with Gasteiger partial charge in [0.05, 0.1) is 10.9 Å². The number of aromatic hydroxyl groups is 1. The maximum absolute atomic E-state index is 11.0. The van der Waals surface area contributed by atoms with E-state index >= 15 is 0 Å². The van der Waals surface area contributed by atoms with Gasteiger partial charge in [-0.25, -0.2) is 0 Å². The van der Waals surface area contributed by atoms with Crippen molar-refractivity contribution in [3.63, 3.8) is 0 Å². The number of nitroso groups, excluding NO2 is 1. The van der Waals surface area contributed by atoms with Gasteiger partial charge in [0.2, 0.25) is 0 Å². The molecule has 0 heterocycles. The quantitative estimate of drug-likeness (QED) is 0.643. The van der Waals surface area contributed by atoms with E-state index in [0.717, 1.165) is 19.3 Å². The third-order valence-corrected chi connectivity index (χ3v) is 4.12. The minimum atomic E-state index is -2.65. The molecular weight excluding hydrogens is 256 g/mol. The zero-order valence-electron chi connectivity index (χ0n) is 14.3. The minimum absolute atomic E-state index is 0.0873. The molecule has 1 aliphatic rings. The Balaban J connectivity index is 2.34. The molecule has 1 aliphatic carbocycles. The van der Waals surface area contributed by atoms with E-state index in [0.29, 0.717) is 23.4 Å². The molecule has 1 aromatic carbocycles. The van der Waals surface area contributed by atoms with Gasteiger partial charge in [0, 0.05) is 23.6 Å². The van der Waals surface area contributed by atoms with Crippen LogP contribution >= 0.6 is 0 Å². The fraction of sp³-hybridized carbons (Fsp3) is 0.600. The molecule has 5 nitrogen and oxygen atoms in total. The fourth-order valence-corrected chi connectivity index (χ4v) is 3.01. The van der Waals surface area contributed by atoms with Crippen molar-refractivity contribution in [1.82, 2.24) is 5.01 Å². The lowest BCUT2D eigenvalue weighted by Gasteiger charge is -2.40. The van der Waals surface area contributed by atoms with Crippen LogP contribution < -0.4 is 0 Å². The van der Waals surface area contributed by atoms with Crippen LogP contribution in [0.1, 0.15) is 47.7 Å². The molecule has 20 heavy (non-hydrogen) atoms. The van der Waals surface area contributed by atoms with Crippen LogP contribution in [0, 0.1) is 4.91 Å². The van der Waals surface area contributed by atoms with Crippen LogP contribution in [0.4, 0.5) is 0 Å². The molecule has 0 radical (unpaired) electrons. The van der Waals surface area contributed by atoms with Crippen LogP contribution in [0.2, 0.25) is 0 Å². The summed E-state index contributed by atoms with van der Waals surface area (Å²) in [5, 5.41) is 23.6. The van der Waals surface area contributed by atoms with Gasteiger partial charge in [-0.1, -0.05) is 31.4 Å². The molecule has 1 unspecified atom stereocenters. The molecule has 0 bridgehead atoms. The maximum Gasteiger partial charge on any atom is 0.115 e. The van der Waals surface area contributed by atoms with E-state index in [1.165, 1.54) is 12.1 Å². The van der Waals surface area contributed by atoms with Crippen molar-refractivity contribution < 1.29 is 14.3 Å². The standard InChI is InChI=1S/C15H22N2O3/c1-17(16-20)11-14(12-5-7-13(18)8-6-12)15(19)9-3-2-4-10-15/h5-8,14,18-19H,2-4,9-11H2,1H3/i1D3. The molecule has 0 aromatic heterocycles. The van der Waals surface area contributed by atoms with E-state index in [1.807, 2.05) is 0 Å². The number of phenols is 1. The smallest absolute Gasteiger partial charge is 0.115 e. The minimum Gasteiger partial charge on any atom is -0.508 e. The Morgan fingerprint density at radius 1 is 1.35 bits per heavy atom. The summed E-state index contributed by atoms with van der Waals surface area (Å²) in [7, 11) is 0. The third-order valence-electron chi connectivity index (χ3n) is 4.12. The molecule has 0 amide bonds. The van der Waals surface area contributed by atoms with Gasteiger partial charge in [-0.2, -0.15) is 0 Å². The van der Waals surface area contributed by atoms with Gasteiger partial charge < -0.3 is 10.2 Å². The van der Waals surface area contributed by atoms with Crippen molar-refractivity contribution in [2.75, 3.05) is 13.5 Å². The molecule has 1 atom stereocenters. The van der Waals surface area contributed by atoms with Gasteiger partial charge >= 0.3 is 0 Å². The van der Waals surface area contributed by atoms with Crippen molar-refractivity contribution in [3.05, 3.63) is 34.7 Å². The molecule has 2 N–H and O–H groups in total. The fourth-order valence-electron chi connectivity index (χ4n) is 3.01. The summed E-state index contributed by atoms with van der Waals surface area (Å²) >= 11 is 0. The van der Waals surface area contributed by atoms with Crippen LogP contribution in [0.25, 0.3) is 0 Å². The SMILES string of the molecule is [2H]C([2H])([2H])N(CC(c1ccc(O)cc1)C1(O)CCCCC1)N=O. The summed E-state index contributed by atoms with van der Waals surface area (Å²) in [6.07, 6.45) is 3.83. The summed E-state index contributed by atoms with van der Waals surface area (Å²) < 4.78 is 22.2. The Kier molecular flexibility index (Phi) is 3.45. The lowest BCUT2D eigenvalue weighted by molar-refractivity contribution is -0.0292. The third kappa shape index (κ3) is 3.28. The van der Waals surface area contributed by atoms with Gasteiger partial charge in [-0.3, -0.25) is 5.01 Å². The first kappa shape index (κ1) is 11.1. The summed E-state index contributed by atoms with van der Waals surface area (Å²) in [4.78, 5) is 11.0. The molecule has 1 fully saturated rings.